The van der Waals surface area contributed by atoms with Gasteiger partial charge in [0.1, 0.15) is 11.5 Å². The van der Waals surface area contributed by atoms with Gasteiger partial charge in [-0.2, -0.15) is 0 Å². The van der Waals surface area contributed by atoms with E-state index < -0.39 is 0 Å². The summed E-state index contributed by atoms with van der Waals surface area (Å²) in [6.45, 7) is 4.46. The highest BCUT2D eigenvalue weighted by Crippen LogP contribution is 2.27. The number of piperidine rings is 1. The van der Waals surface area contributed by atoms with Crippen LogP contribution in [0.15, 0.2) is 44.7 Å². The number of rotatable bonds is 6. The second-order valence-corrected chi connectivity index (χ2v) is 7.77. The summed E-state index contributed by atoms with van der Waals surface area (Å²) in [6.07, 6.45) is 3.62. The minimum absolute atomic E-state index is 0. The molecule has 3 aromatic heterocycles. The summed E-state index contributed by atoms with van der Waals surface area (Å²) >= 11 is 1.55. The van der Waals surface area contributed by atoms with Crippen LogP contribution in [0.25, 0.3) is 10.6 Å². The highest BCUT2D eigenvalue weighted by molar-refractivity contribution is 7.13. The Kier molecular flexibility index (Phi) is 6.93. The van der Waals surface area contributed by atoms with Crippen LogP contribution in [0.4, 0.5) is 0 Å². The zero-order chi connectivity index (χ0) is 18.6. The van der Waals surface area contributed by atoms with E-state index in [2.05, 4.69) is 15.4 Å². The van der Waals surface area contributed by atoms with E-state index in [4.69, 9.17) is 8.94 Å². The normalized spacial score (nSPS) is 15.8. The zero-order valence-electron chi connectivity index (χ0n) is 15.7. The molecule has 28 heavy (non-hydrogen) atoms. The molecule has 0 aromatic carbocycles. The Labute approximate surface area is 174 Å². The molecule has 0 spiro atoms. The highest BCUT2D eigenvalue weighted by Gasteiger charge is 2.26. The molecule has 1 amide bonds. The number of amides is 1. The van der Waals surface area contributed by atoms with E-state index in [9.17, 15) is 4.79 Å². The summed E-state index contributed by atoms with van der Waals surface area (Å²) < 4.78 is 11.2. The number of nitrogens with one attached hydrogen (secondary N) is 1. The Balaban J connectivity index is 0.00000225. The number of furan rings is 1. The number of nitrogens with zero attached hydrogens (tertiary/aromatic N) is 2. The fourth-order valence-electron chi connectivity index (χ4n) is 3.47. The topological polar surface area (TPSA) is 71.5 Å². The van der Waals surface area contributed by atoms with Crippen LogP contribution in [0.2, 0.25) is 0 Å². The van der Waals surface area contributed by atoms with Crippen LogP contribution in [0, 0.1) is 6.92 Å². The Morgan fingerprint density at radius 3 is 2.79 bits per heavy atom. The SMILES string of the molecule is Cc1ccc(C(CNC(=O)c2cc(-c3cccs3)on2)N2CCCCC2)o1.Cl. The molecule has 1 saturated heterocycles. The van der Waals surface area contributed by atoms with Gasteiger partial charge in [0.25, 0.3) is 5.91 Å². The molecule has 4 heterocycles. The van der Waals surface area contributed by atoms with E-state index >= 15 is 0 Å². The second kappa shape index (κ2) is 9.41. The molecule has 1 unspecified atom stereocenters. The van der Waals surface area contributed by atoms with Gasteiger partial charge in [-0.25, -0.2) is 0 Å². The first kappa shape index (κ1) is 20.6. The van der Waals surface area contributed by atoms with E-state index in [1.807, 2.05) is 36.6 Å². The van der Waals surface area contributed by atoms with Crippen molar-refractivity contribution in [2.24, 2.45) is 0 Å². The first-order valence-electron chi connectivity index (χ1n) is 9.30. The van der Waals surface area contributed by atoms with Gasteiger partial charge >= 0.3 is 0 Å². The van der Waals surface area contributed by atoms with Crippen LogP contribution >= 0.6 is 23.7 Å². The molecule has 1 N–H and O–H groups in total. The van der Waals surface area contributed by atoms with E-state index in [0.717, 1.165) is 29.5 Å². The van der Waals surface area contributed by atoms with E-state index in [-0.39, 0.29) is 24.4 Å². The van der Waals surface area contributed by atoms with Crippen molar-refractivity contribution in [2.45, 2.75) is 32.2 Å². The Hall–Kier alpha value is -2.09. The average molecular weight is 422 g/mol. The van der Waals surface area contributed by atoms with Gasteiger partial charge in [0.15, 0.2) is 11.5 Å². The van der Waals surface area contributed by atoms with Crippen LogP contribution in [0.1, 0.15) is 47.3 Å². The van der Waals surface area contributed by atoms with E-state index in [1.165, 1.54) is 19.3 Å². The predicted molar refractivity (Wildman–Crippen MR) is 111 cm³/mol. The minimum atomic E-state index is -0.230. The maximum absolute atomic E-state index is 12.6. The zero-order valence-corrected chi connectivity index (χ0v) is 17.4. The lowest BCUT2D eigenvalue weighted by Gasteiger charge is -2.33. The monoisotopic (exact) mass is 421 g/mol. The second-order valence-electron chi connectivity index (χ2n) is 6.82. The van der Waals surface area contributed by atoms with Crippen molar-refractivity contribution in [1.82, 2.24) is 15.4 Å². The van der Waals surface area contributed by atoms with Crippen LogP contribution in [0.5, 0.6) is 0 Å². The van der Waals surface area contributed by atoms with Crippen molar-refractivity contribution in [1.29, 1.82) is 0 Å². The van der Waals surface area contributed by atoms with E-state index in [1.54, 1.807) is 17.4 Å². The van der Waals surface area contributed by atoms with Crippen LogP contribution in [-0.2, 0) is 0 Å². The molecule has 1 fully saturated rings. The maximum atomic E-state index is 12.6. The van der Waals surface area contributed by atoms with Crippen molar-refractivity contribution in [2.75, 3.05) is 19.6 Å². The lowest BCUT2D eigenvalue weighted by molar-refractivity contribution is 0.0905. The van der Waals surface area contributed by atoms with Crippen LogP contribution in [-0.4, -0.2) is 35.6 Å². The molecule has 0 radical (unpaired) electrons. The van der Waals surface area contributed by atoms with Gasteiger partial charge in [-0.05, 0) is 56.4 Å². The van der Waals surface area contributed by atoms with Crippen molar-refractivity contribution in [3.05, 3.63) is 52.9 Å². The first-order valence-corrected chi connectivity index (χ1v) is 10.2. The molecule has 1 atom stereocenters. The summed E-state index contributed by atoms with van der Waals surface area (Å²) in [5, 5.41) is 8.89. The Morgan fingerprint density at radius 1 is 1.29 bits per heavy atom. The Morgan fingerprint density at radius 2 is 2.11 bits per heavy atom. The summed E-state index contributed by atoms with van der Waals surface area (Å²) in [5.41, 5.74) is 0.298. The summed E-state index contributed by atoms with van der Waals surface area (Å²) in [4.78, 5) is 15.9. The molecule has 0 bridgehead atoms. The molecule has 6 nitrogen and oxygen atoms in total. The molecule has 8 heteroatoms. The predicted octanol–water partition coefficient (Wildman–Crippen LogP) is 4.68. The van der Waals surface area contributed by atoms with Crippen molar-refractivity contribution >= 4 is 29.7 Å². The number of likely N-dealkylation sites (tertiary alicyclic amines) is 1. The number of carbonyl (C=O) groups is 1. The minimum Gasteiger partial charge on any atom is -0.465 e. The lowest BCUT2D eigenvalue weighted by Crippen LogP contribution is -2.40. The molecule has 1 aliphatic rings. The van der Waals surface area contributed by atoms with Crippen molar-refractivity contribution < 1.29 is 13.7 Å². The van der Waals surface area contributed by atoms with E-state index in [0.29, 0.717) is 18.0 Å². The standard InChI is InChI=1S/C20H23N3O3S.ClH/c1-14-7-8-17(25-14)16(23-9-3-2-4-10-23)13-21-20(24)15-12-18(26-22-15)19-6-5-11-27-19;/h5-8,11-12,16H,2-4,9-10,13H2,1H3,(H,21,24);1H. The molecule has 150 valence electrons. The van der Waals surface area contributed by atoms with Crippen molar-refractivity contribution in [3.8, 4) is 10.6 Å². The molecular formula is C20H24ClN3O3S. The van der Waals surface area contributed by atoms with Crippen LogP contribution < -0.4 is 5.32 Å². The number of thiophene rings is 1. The largest absolute Gasteiger partial charge is 0.465 e. The third-order valence-electron chi connectivity index (χ3n) is 4.88. The number of halogens is 1. The molecular weight excluding hydrogens is 398 g/mol. The summed E-state index contributed by atoms with van der Waals surface area (Å²) in [7, 11) is 0. The van der Waals surface area contributed by atoms with Gasteiger partial charge < -0.3 is 14.3 Å². The molecule has 1 aliphatic heterocycles. The first-order chi connectivity index (χ1) is 13.2. The fourth-order valence-corrected chi connectivity index (χ4v) is 4.14. The van der Waals surface area contributed by atoms with Gasteiger partial charge in [-0.1, -0.05) is 17.6 Å². The van der Waals surface area contributed by atoms with Gasteiger partial charge in [0, 0.05) is 12.6 Å². The lowest BCUT2D eigenvalue weighted by atomic mass is 10.1. The number of aromatic nitrogens is 1. The molecule has 3 aromatic rings. The van der Waals surface area contributed by atoms with Gasteiger partial charge in [-0.3, -0.25) is 9.69 Å². The molecule has 0 saturated carbocycles. The van der Waals surface area contributed by atoms with Crippen molar-refractivity contribution in [3.63, 3.8) is 0 Å². The highest BCUT2D eigenvalue weighted by atomic mass is 35.5. The average Bonchev–Trinajstić information content (AvgIpc) is 3.44. The third kappa shape index (κ3) is 4.66. The number of carbonyl (C=O) groups excluding carboxylic acids is 1. The van der Waals surface area contributed by atoms with Gasteiger partial charge in [0.05, 0.1) is 10.9 Å². The number of hydrogen-bond acceptors (Lipinski definition) is 6. The smallest absolute Gasteiger partial charge is 0.273 e. The number of aryl methyl sites for hydroxylation is 1. The Bertz CT molecular complexity index is 884. The molecule has 4 rings (SSSR count). The third-order valence-corrected chi connectivity index (χ3v) is 5.77. The van der Waals surface area contributed by atoms with Gasteiger partial charge in [-0.15, -0.1) is 23.7 Å². The van der Waals surface area contributed by atoms with Gasteiger partial charge in [0.2, 0.25) is 0 Å². The van der Waals surface area contributed by atoms with Crippen LogP contribution in [0.3, 0.4) is 0 Å². The summed E-state index contributed by atoms with van der Waals surface area (Å²) in [6, 6.07) is 9.58. The molecule has 0 aliphatic carbocycles. The fraction of sp³-hybridized carbons (Fsp3) is 0.400. The summed E-state index contributed by atoms with van der Waals surface area (Å²) in [5.74, 6) is 2.17. The quantitative estimate of drug-likeness (QED) is 0.625. The number of hydrogen-bond donors (Lipinski definition) is 1. The maximum Gasteiger partial charge on any atom is 0.273 e.